The molecule has 0 radical (unpaired) electrons. The average molecular weight is 259 g/mol. The number of nitrogens with one attached hydrogen (secondary N) is 1. The molecule has 3 nitrogen and oxygen atoms in total. The topological polar surface area (TPSA) is 55.1 Å². The number of halogens is 1. The van der Waals surface area contributed by atoms with Crippen LogP contribution in [0.5, 0.6) is 0 Å². The molecule has 4 aliphatic carbocycles. The molecule has 0 aromatic carbocycles. The van der Waals surface area contributed by atoms with Gasteiger partial charge in [-0.1, -0.05) is 0 Å². The van der Waals surface area contributed by atoms with Crippen molar-refractivity contribution in [3.05, 3.63) is 0 Å². The summed E-state index contributed by atoms with van der Waals surface area (Å²) in [5.41, 5.74) is 5.60. The normalized spacial score (nSPS) is 42.1. The van der Waals surface area contributed by atoms with Gasteiger partial charge in [0.15, 0.2) is 0 Å². The van der Waals surface area contributed by atoms with Gasteiger partial charge >= 0.3 is 0 Å². The van der Waals surface area contributed by atoms with Gasteiger partial charge in [0.25, 0.3) is 0 Å². The summed E-state index contributed by atoms with van der Waals surface area (Å²) in [5.74, 6) is 2.85. The summed E-state index contributed by atoms with van der Waals surface area (Å²) in [5, 5.41) is 3.31. The lowest BCUT2D eigenvalue weighted by atomic mass is 9.53. The predicted molar refractivity (Wildman–Crippen MR) is 70.0 cm³/mol. The highest BCUT2D eigenvalue weighted by atomic mass is 35.5. The molecule has 0 heterocycles. The van der Waals surface area contributed by atoms with Crippen LogP contribution in [-0.4, -0.2) is 18.0 Å². The van der Waals surface area contributed by atoms with E-state index in [-0.39, 0.29) is 23.9 Å². The van der Waals surface area contributed by atoms with Gasteiger partial charge in [-0.25, -0.2) is 0 Å². The number of hydrogen-bond donors (Lipinski definition) is 2. The number of carbonyl (C=O) groups is 1. The Morgan fingerprint density at radius 1 is 1.12 bits per heavy atom. The van der Waals surface area contributed by atoms with E-state index >= 15 is 0 Å². The quantitative estimate of drug-likeness (QED) is 0.812. The van der Waals surface area contributed by atoms with Crippen molar-refractivity contribution < 1.29 is 4.79 Å². The van der Waals surface area contributed by atoms with E-state index in [4.69, 9.17) is 5.73 Å². The second-order valence-electron chi connectivity index (χ2n) is 6.28. The Bertz CT molecular complexity index is 271. The molecule has 4 fully saturated rings. The molecule has 3 N–H and O–H groups in total. The fourth-order valence-corrected chi connectivity index (χ4v) is 4.75. The molecule has 0 atom stereocenters. The monoisotopic (exact) mass is 258 g/mol. The van der Waals surface area contributed by atoms with E-state index in [0.29, 0.717) is 13.0 Å². The van der Waals surface area contributed by atoms with Crippen molar-refractivity contribution in [2.45, 2.75) is 50.5 Å². The predicted octanol–water partition coefficient (Wildman–Crippen LogP) is 1.84. The summed E-state index contributed by atoms with van der Waals surface area (Å²) in [7, 11) is 0. The molecule has 4 rings (SSSR count). The lowest BCUT2D eigenvalue weighted by molar-refractivity contribution is -0.126. The van der Waals surface area contributed by atoms with Crippen LogP contribution in [0, 0.1) is 17.8 Å². The van der Waals surface area contributed by atoms with Gasteiger partial charge in [-0.3, -0.25) is 4.79 Å². The second-order valence-corrected chi connectivity index (χ2v) is 6.28. The first-order chi connectivity index (χ1) is 7.69. The SMILES string of the molecule is Cl.NCCC(=O)NC12CC3CC(CC(C3)C1)C2. The fourth-order valence-electron chi connectivity index (χ4n) is 4.75. The number of rotatable bonds is 3. The Labute approximate surface area is 109 Å². The van der Waals surface area contributed by atoms with Crippen molar-refractivity contribution in [2.75, 3.05) is 6.54 Å². The van der Waals surface area contributed by atoms with Crippen molar-refractivity contribution >= 4 is 18.3 Å². The number of carbonyl (C=O) groups excluding carboxylic acids is 1. The van der Waals surface area contributed by atoms with Crippen molar-refractivity contribution in [1.82, 2.24) is 5.32 Å². The minimum absolute atomic E-state index is 0. The molecule has 0 aromatic rings. The van der Waals surface area contributed by atoms with Crippen LogP contribution in [0.25, 0.3) is 0 Å². The van der Waals surface area contributed by atoms with E-state index in [1.54, 1.807) is 0 Å². The minimum atomic E-state index is 0. The van der Waals surface area contributed by atoms with Crippen LogP contribution in [0.1, 0.15) is 44.9 Å². The first-order valence-corrected chi connectivity index (χ1v) is 6.70. The molecule has 1 amide bonds. The summed E-state index contributed by atoms with van der Waals surface area (Å²) >= 11 is 0. The van der Waals surface area contributed by atoms with E-state index in [9.17, 15) is 4.79 Å². The van der Waals surface area contributed by atoms with Crippen molar-refractivity contribution in [2.24, 2.45) is 23.5 Å². The molecule has 4 saturated carbocycles. The first kappa shape index (κ1) is 13.2. The zero-order valence-corrected chi connectivity index (χ0v) is 11.1. The Kier molecular flexibility index (Phi) is 3.69. The van der Waals surface area contributed by atoms with Gasteiger partial charge in [0.05, 0.1) is 0 Å². The Morgan fingerprint density at radius 2 is 1.59 bits per heavy atom. The third-order valence-electron chi connectivity index (χ3n) is 4.81. The van der Waals surface area contributed by atoms with Gasteiger partial charge < -0.3 is 11.1 Å². The van der Waals surface area contributed by atoms with Crippen LogP contribution >= 0.6 is 12.4 Å². The molecule has 17 heavy (non-hydrogen) atoms. The summed E-state index contributed by atoms with van der Waals surface area (Å²) < 4.78 is 0. The summed E-state index contributed by atoms with van der Waals surface area (Å²) in [6, 6.07) is 0. The first-order valence-electron chi connectivity index (χ1n) is 6.70. The number of nitrogens with two attached hydrogens (primary N) is 1. The lowest BCUT2D eigenvalue weighted by Crippen LogP contribution is -2.60. The molecule has 4 aliphatic rings. The molecule has 0 saturated heterocycles. The highest BCUT2D eigenvalue weighted by molar-refractivity contribution is 5.85. The Hall–Kier alpha value is -0.280. The van der Waals surface area contributed by atoms with E-state index in [1.807, 2.05) is 0 Å². The van der Waals surface area contributed by atoms with Gasteiger partial charge in [0, 0.05) is 18.5 Å². The van der Waals surface area contributed by atoms with E-state index in [0.717, 1.165) is 17.8 Å². The third-order valence-corrected chi connectivity index (χ3v) is 4.81. The van der Waals surface area contributed by atoms with Crippen LogP contribution in [0.15, 0.2) is 0 Å². The molecule has 0 unspecified atom stereocenters. The van der Waals surface area contributed by atoms with Crippen molar-refractivity contribution in [1.29, 1.82) is 0 Å². The number of hydrogen-bond acceptors (Lipinski definition) is 2. The maximum absolute atomic E-state index is 11.7. The van der Waals surface area contributed by atoms with Gasteiger partial charge in [0.2, 0.25) is 5.91 Å². The van der Waals surface area contributed by atoms with Crippen molar-refractivity contribution in [3.63, 3.8) is 0 Å². The minimum Gasteiger partial charge on any atom is -0.351 e. The summed E-state index contributed by atoms with van der Waals surface area (Å²) in [6.45, 7) is 0.470. The molecule has 0 aliphatic heterocycles. The Balaban J connectivity index is 0.00000108. The highest BCUT2D eigenvalue weighted by Gasteiger charge is 2.51. The summed E-state index contributed by atoms with van der Waals surface area (Å²) in [6.07, 6.45) is 8.45. The summed E-state index contributed by atoms with van der Waals surface area (Å²) in [4.78, 5) is 11.7. The highest BCUT2D eigenvalue weighted by Crippen LogP contribution is 2.55. The molecule has 98 valence electrons. The molecule has 0 aromatic heterocycles. The lowest BCUT2D eigenvalue weighted by Gasteiger charge is -2.56. The molecule has 4 bridgehead atoms. The fraction of sp³-hybridized carbons (Fsp3) is 0.923. The van der Waals surface area contributed by atoms with Crippen LogP contribution in [0.2, 0.25) is 0 Å². The van der Waals surface area contributed by atoms with Crippen LogP contribution in [0.3, 0.4) is 0 Å². The number of amides is 1. The van der Waals surface area contributed by atoms with Gasteiger partial charge in [-0.2, -0.15) is 0 Å². The average Bonchev–Trinajstić information content (AvgIpc) is 2.13. The smallest absolute Gasteiger partial charge is 0.221 e. The molecular weight excluding hydrogens is 236 g/mol. The van der Waals surface area contributed by atoms with E-state index in [2.05, 4.69) is 5.32 Å². The van der Waals surface area contributed by atoms with Crippen LogP contribution in [-0.2, 0) is 4.79 Å². The van der Waals surface area contributed by atoms with Gasteiger partial charge in [-0.05, 0) is 56.3 Å². The Morgan fingerprint density at radius 3 is 2.00 bits per heavy atom. The largest absolute Gasteiger partial charge is 0.351 e. The van der Waals surface area contributed by atoms with E-state index in [1.165, 1.54) is 38.5 Å². The molecule has 4 heteroatoms. The standard InChI is InChI=1S/C13H22N2O.ClH/c14-2-1-12(16)15-13-6-9-3-10(7-13)5-11(4-9)8-13;/h9-11H,1-8,14H2,(H,15,16);1H. The third kappa shape index (κ3) is 2.45. The molecular formula is C13H23ClN2O. The zero-order valence-electron chi connectivity index (χ0n) is 10.3. The van der Waals surface area contributed by atoms with Crippen LogP contribution in [0.4, 0.5) is 0 Å². The maximum atomic E-state index is 11.7. The molecule has 0 spiro atoms. The van der Waals surface area contributed by atoms with Crippen molar-refractivity contribution in [3.8, 4) is 0 Å². The van der Waals surface area contributed by atoms with Gasteiger partial charge in [0.1, 0.15) is 0 Å². The second kappa shape index (κ2) is 4.77. The maximum Gasteiger partial charge on any atom is 0.221 e. The van der Waals surface area contributed by atoms with Crippen LogP contribution < -0.4 is 11.1 Å². The van der Waals surface area contributed by atoms with E-state index < -0.39 is 0 Å². The zero-order chi connectivity index (χ0) is 11.2. The van der Waals surface area contributed by atoms with Gasteiger partial charge in [-0.15, -0.1) is 12.4 Å².